The van der Waals surface area contributed by atoms with Gasteiger partial charge in [-0.3, -0.25) is 0 Å². The average Bonchev–Trinajstić information content (AvgIpc) is 2.97. The molecule has 1 unspecified atom stereocenters. The van der Waals surface area contributed by atoms with E-state index >= 15 is 0 Å². The minimum atomic E-state index is -1.34. The summed E-state index contributed by atoms with van der Waals surface area (Å²) in [4.78, 5) is 22.7. The monoisotopic (exact) mass is 255 g/mol. The summed E-state index contributed by atoms with van der Waals surface area (Å²) in [5.41, 5.74) is -1.34. The molecule has 1 aliphatic heterocycles. The minimum Gasteiger partial charge on any atom is -0.479 e. The van der Waals surface area contributed by atoms with Crippen LogP contribution in [0.1, 0.15) is 12.2 Å². The fourth-order valence-corrected chi connectivity index (χ4v) is 1.65. The lowest BCUT2D eigenvalue weighted by Crippen LogP contribution is -2.57. The first-order valence-electron chi connectivity index (χ1n) is 5.39. The molecule has 0 saturated carbocycles. The first-order valence-corrected chi connectivity index (χ1v) is 5.39. The molecular formula is C10H13N3O5. The smallest absolute Gasteiger partial charge is 0.332 e. The lowest BCUT2D eigenvalue weighted by molar-refractivity contribution is -0.144. The van der Waals surface area contributed by atoms with Gasteiger partial charge < -0.3 is 25.0 Å². The van der Waals surface area contributed by atoms with E-state index in [-0.39, 0.29) is 19.6 Å². The van der Waals surface area contributed by atoms with E-state index < -0.39 is 17.5 Å². The van der Waals surface area contributed by atoms with Gasteiger partial charge in [-0.15, -0.1) is 0 Å². The molecule has 8 heteroatoms. The van der Waals surface area contributed by atoms with Gasteiger partial charge >= 0.3 is 12.0 Å². The number of carbonyl (C=O) groups excluding carboxylic acids is 1. The molecule has 8 nitrogen and oxygen atoms in total. The number of carboxylic acid groups (broad SMARTS) is 1. The van der Waals surface area contributed by atoms with Crippen LogP contribution in [-0.2, 0) is 16.1 Å². The first kappa shape index (κ1) is 12.4. The normalized spacial score (nSPS) is 22.7. The predicted octanol–water partition coefficient (Wildman–Crippen LogP) is -0.283. The average molecular weight is 255 g/mol. The van der Waals surface area contributed by atoms with Crippen LogP contribution in [0.3, 0.4) is 0 Å². The maximum absolute atomic E-state index is 11.6. The fourth-order valence-electron chi connectivity index (χ4n) is 1.65. The zero-order chi connectivity index (χ0) is 13.0. The molecule has 2 heterocycles. The second-order valence-electron chi connectivity index (χ2n) is 3.98. The number of urea groups is 1. The van der Waals surface area contributed by atoms with Crippen LogP contribution in [0.5, 0.6) is 0 Å². The SMILES string of the molecule is O=C(NCc1ccno1)NC1(C(=O)O)CCOC1. The van der Waals surface area contributed by atoms with Crippen LogP contribution in [-0.4, -0.2) is 41.0 Å². The van der Waals surface area contributed by atoms with Crippen molar-refractivity contribution in [3.63, 3.8) is 0 Å². The number of rotatable bonds is 4. The Hall–Kier alpha value is -2.09. The molecule has 0 spiro atoms. The summed E-state index contributed by atoms with van der Waals surface area (Å²) < 4.78 is 9.81. The Bertz CT molecular complexity index is 425. The van der Waals surface area contributed by atoms with E-state index in [1.54, 1.807) is 6.07 Å². The van der Waals surface area contributed by atoms with Crippen molar-refractivity contribution in [3.05, 3.63) is 18.0 Å². The van der Waals surface area contributed by atoms with Crippen LogP contribution in [0.25, 0.3) is 0 Å². The lowest BCUT2D eigenvalue weighted by atomic mass is 9.99. The number of carboxylic acids is 1. The summed E-state index contributed by atoms with van der Waals surface area (Å²) in [7, 11) is 0. The highest BCUT2D eigenvalue weighted by Gasteiger charge is 2.43. The van der Waals surface area contributed by atoms with Crippen LogP contribution in [0.4, 0.5) is 4.79 Å². The molecule has 2 rings (SSSR count). The van der Waals surface area contributed by atoms with Crippen molar-refractivity contribution in [1.82, 2.24) is 15.8 Å². The zero-order valence-corrected chi connectivity index (χ0v) is 9.51. The summed E-state index contributed by atoms with van der Waals surface area (Å²) in [6.07, 6.45) is 1.70. The Labute approximate surface area is 102 Å². The van der Waals surface area contributed by atoms with Crippen LogP contribution >= 0.6 is 0 Å². The molecule has 0 aromatic carbocycles. The minimum absolute atomic E-state index is 0.0297. The van der Waals surface area contributed by atoms with Gasteiger partial charge in [-0.25, -0.2) is 9.59 Å². The van der Waals surface area contributed by atoms with Gasteiger partial charge in [0.25, 0.3) is 0 Å². The van der Waals surface area contributed by atoms with E-state index in [2.05, 4.69) is 15.8 Å². The molecule has 0 radical (unpaired) electrons. The molecule has 1 fully saturated rings. The second kappa shape index (κ2) is 5.05. The summed E-state index contributed by atoms with van der Waals surface area (Å²) in [5, 5.41) is 17.5. The Balaban J connectivity index is 1.88. The van der Waals surface area contributed by atoms with Crippen molar-refractivity contribution in [2.75, 3.05) is 13.2 Å². The van der Waals surface area contributed by atoms with Gasteiger partial charge in [0.05, 0.1) is 19.3 Å². The van der Waals surface area contributed by atoms with Gasteiger partial charge in [-0.2, -0.15) is 0 Å². The van der Waals surface area contributed by atoms with Gasteiger partial charge in [-0.05, 0) is 0 Å². The number of amides is 2. The Morgan fingerprint density at radius 1 is 1.56 bits per heavy atom. The number of aliphatic carboxylic acids is 1. The Morgan fingerprint density at radius 2 is 2.39 bits per heavy atom. The quantitative estimate of drug-likeness (QED) is 0.681. The highest BCUT2D eigenvalue weighted by atomic mass is 16.5. The predicted molar refractivity (Wildman–Crippen MR) is 57.7 cm³/mol. The molecule has 98 valence electrons. The van der Waals surface area contributed by atoms with E-state index in [4.69, 9.17) is 14.4 Å². The molecule has 0 bridgehead atoms. The molecule has 18 heavy (non-hydrogen) atoms. The first-order chi connectivity index (χ1) is 8.62. The molecule has 0 aliphatic carbocycles. The third-order valence-electron chi connectivity index (χ3n) is 2.70. The Kier molecular flexibility index (Phi) is 3.47. The maximum atomic E-state index is 11.6. The van der Waals surface area contributed by atoms with Crippen molar-refractivity contribution in [3.8, 4) is 0 Å². The summed E-state index contributed by atoms with van der Waals surface area (Å²) in [6.45, 7) is 0.426. The topological polar surface area (TPSA) is 114 Å². The molecule has 1 saturated heterocycles. The second-order valence-corrected chi connectivity index (χ2v) is 3.98. The maximum Gasteiger partial charge on any atom is 0.332 e. The number of nitrogens with one attached hydrogen (secondary N) is 2. The van der Waals surface area contributed by atoms with E-state index in [1.807, 2.05) is 0 Å². The van der Waals surface area contributed by atoms with E-state index in [9.17, 15) is 9.59 Å². The number of carbonyl (C=O) groups is 2. The lowest BCUT2D eigenvalue weighted by Gasteiger charge is -2.23. The summed E-state index contributed by atoms with van der Waals surface area (Å²) in [6, 6.07) is 1.02. The molecule has 1 aliphatic rings. The third-order valence-corrected chi connectivity index (χ3v) is 2.70. The molecule has 2 amide bonds. The molecule has 1 aromatic heterocycles. The van der Waals surface area contributed by atoms with Gasteiger partial charge in [0.1, 0.15) is 0 Å². The van der Waals surface area contributed by atoms with Crippen LogP contribution in [0.15, 0.2) is 16.8 Å². The fraction of sp³-hybridized carbons (Fsp3) is 0.500. The molecular weight excluding hydrogens is 242 g/mol. The van der Waals surface area contributed by atoms with Crippen molar-refractivity contribution in [1.29, 1.82) is 0 Å². The molecule has 1 aromatic rings. The summed E-state index contributed by atoms with van der Waals surface area (Å²) in [5.74, 6) is -0.619. The van der Waals surface area contributed by atoms with Gasteiger partial charge in [0.15, 0.2) is 11.3 Å². The van der Waals surface area contributed by atoms with Crippen LogP contribution in [0, 0.1) is 0 Å². The molecule has 3 N–H and O–H groups in total. The third kappa shape index (κ3) is 2.59. The van der Waals surface area contributed by atoms with Gasteiger partial charge in [0.2, 0.25) is 0 Å². The Morgan fingerprint density at radius 3 is 2.94 bits per heavy atom. The van der Waals surface area contributed by atoms with Gasteiger partial charge in [0, 0.05) is 19.1 Å². The highest BCUT2D eigenvalue weighted by Crippen LogP contribution is 2.18. The van der Waals surface area contributed by atoms with E-state index in [0.29, 0.717) is 12.4 Å². The zero-order valence-electron chi connectivity index (χ0n) is 9.51. The van der Waals surface area contributed by atoms with E-state index in [1.165, 1.54) is 6.20 Å². The number of hydrogen-bond donors (Lipinski definition) is 3. The summed E-state index contributed by atoms with van der Waals surface area (Å²) >= 11 is 0. The number of nitrogens with zero attached hydrogens (tertiary/aromatic N) is 1. The van der Waals surface area contributed by atoms with Crippen LogP contribution < -0.4 is 10.6 Å². The van der Waals surface area contributed by atoms with Crippen LogP contribution in [0.2, 0.25) is 0 Å². The largest absolute Gasteiger partial charge is 0.479 e. The number of aromatic nitrogens is 1. The number of hydrogen-bond acceptors (Lipinski definition) is 5. The van der Waals surface area contributed by atoms with Crippen molar-refractivity contribution in [2.45, 2.75) is 18.5 Å². The standard InChI is InChI=1S/C10H13N3O5/c14-8(15)10(2-4-17-6-10)13-9(16)11-5-7-1-3-12-18-7/h1,3H,2,4-6H2,(H,14,15)(H2,11,13,16). The highest BCUT2D eigenvalue weighted by molar-refractivity contribution is 5.86. The van der Waals surface area contributed by atoms with Gasteiger partial charge in [-0.1, -0.05) is 5.16 Å². The van der Waals surface area contributed by atoms with Crippen molar-refractivity contribution in [2.24, 2.45) is 0 Å². The van der Waals surface area contributed by atoms with Crippen molar-refractivity contribution < 1.29 is 24.0 Å². The van der Waals surface area contributed by atoms with Crippen molar-refractivity contribution >= 4 is 12.0 Å². The molecule has 1 atom stereocenters. The van der Waals surface area contributed by atoms with E-state index in [0.717, 1.165) is 0 Å². The number of ether oxygens (including phenoxy) is 1.